The van der Waals surface area contributed by atoms with Crippen molar-refractivity contribution in [2.45, 2.75) is 26.7 Å². The van der Waals surface area contributed by atoms with Crippen molar-refractivity contribution in [1.29, 1.82) is 0 Å². The van der Waals surface area contributed by atoms with E-state index in [0.29, 0.717) is 12.3 Å². The maximum absolute atomic E-state index is 11.2. The third-order valence-corrected chi connectivity index (χ3v) is 3.45. The summed E-state index contributed by atoms with van der Waals surface area (Å²) in [6.07, 6.45) is 7.92. The second-order valence-electron chi connectivity index (χ2n) is 4.15. The second kappa shape index (κ2) is 2.32. The van der Waals surface area contributed by atoms with Crippen LogP contribution >= 0.6 is 0 Å². The van der Waals surface area contributed by atoms with Crippen LogP contribution in [0.2, 0.25) is 0 Å². The zero-order valence-electron chi connectivity index (χ0n) is 7.63. The van der Waals surface area contributed by atoms with Crippen molar-refractivity contribution in [3.8, 4) is 0 Å². The summed E-state index contributed by atoms with van der Waals surface area (Å²) in [6, 6.07) is 0. The molecule has 2 aliphatic rings. The van der Waals surface area contributed by atoms with Gasteiger partial charge in [0.05, 0.1) is 0 Å². The van der Waals surface area contributed by atoms with Gasteiger partial charge in [-0.2, -0.15) is 0 Å². The standard InChI is InChI=1S/C11H14O/c1-8-3-4-9-5-6-10(12)7-11(8,9)2/h3,5-6,9H,4,7H2,1-2H3/t9-,11+/m0/s1. The molecule has 0 spiro atoms. The minimum atomic E-state index is 0.145. The van der Waals surface area contributed by atoms with Gasteiger partial charge in [0.15, 0.2) is 5.78 Å². The summed E-state index contributed by atoms with van der Waals surface area (Å²) in [6.45, 7) is 4.35. The lowest BCUT2D eigenvalue weighted by Crippen LogP contribution is -2.29. The summed E-state index contributed by atoms with van der Waals surface area (Å²) in [5, 5.41) is 0. The van der Waals surface area contributed by atoms with Gasteiger partial charge < -0.3 is 0 Å². The highest BCUT2D eigenvalue weighted by atomic mass is 16.1. The van der Waals surface area contributed by atoms with Gasteiger partial charge in [0, 0.05) is 11.8 Å². The first-order valence-electron chi connectivity index (χ1n) is 4.51. The molecule has 12 heavy (non-hydrogen) atoms. The first-order valence-corrected chi connectivity index (χ1v) is 4.51. The number of rotatable bonds is 0. The Bertz CT molecular complexity index is 285. The average molecular weight is 162 g/mol. The molecular weight excluding hydrogens is 148 g/mol. The van der Waals surface area contributed by atoms with Crippen LogP contribution in [0, 0.1) is 11.3 Å². The van der Waals surface area contributed by atoms with Crippen LogP contribution in [0.1, 0.15) is 26.7 Å². The van der Waals surface area contributed by atoms with Crippen LogP contribution in [0.25, 0.3) is 0 Å². The van der Waals surface area contributed by atoms with Crippen molar-refractivity contribution in [3.63, 3.8) is 0 Å². The number of allylic oxidation sites excluding steroid dienone is 4. The summed E-state index contributed by atoms with van der Waals surface area (Å²) in [7, 11) is 0. The van der Waals surface area contributed by atoms with Crippen LogP contribution in [0.15, 0.2) is 23.8 Å². The largest absolute Gasteiger partial charge is 0.295 e. The van der Waals surface area contributed by atoms with Crippen molar-refractivity contribution in [2.24, 2.45) is 11.3 Å². The Morgan fingerprint density at radius 2 is 2.33 bits per heavy atom. The molecule has 0 unspecified atom stereocenters. The highest BCUT2D eigenvalue weighted by molar-refractivity contribution is 5.91. The lowest BCUT2D eigenvalue weighted by atomic mass is 9.69. The van der Waals surface area contributed by atoms with Crippen LogP contribution < -0.4 is 0 Å². The molecule has 0 saturated heterocycles. The van der Waals surface area contributed by atoms with Crippen molar-refractivity contribution < 1.29 is 4.79 Å². The van der Waals surface area contributed by atoms with E-state index in [1.54, 1.807) is 6.08 Å². The van der Waals surface area contributed by atoms with E-state index >= 15 is 0 Å². The van der Waals surface area contributed by atoms with Gasteiger partial charge in [-0.05, 0) is 25.3 Å². The van der Waals surface area contributed by atoms with E-state index in [2.05, 4.69) is 26.0 Å². The van der Waals surface area contributed by atoms with E-state index in [4.69, 9.17) is 0 Å². The first kappa shape index (κ1) is 7.78. The normalized spacial score (nSPS) is 39.7. The van der Waals surface area contributed by atoms with Gasteiger partial charge >= 0.3 is 0 Å². The molecule has 0 heterocycles. The molecule has 0 N–H and O–H groups in total. The molecule has 0 amide bonds. The van der Waals surface area contributed by atoms with Crippen molar-refractivity contribution in [1.82, 2.24) is 0 Å². The Labute approximate surface area is 73.2 Å². The lowest BCUT2D eigenvalue weighted by molar-refractivity contribution is -0.117. The third kappa shape index (κ3) is 0.889. The van der Waals surface area contributed by atoms with Gasteiger partial charge in [0.25, 0.3) is 0 Å². The molecule has 0 aromatic heterocycles. The van der Waals surface area contributed by atoms with E-state index in [1.807, 2.05) is 0 Å². The quantitative estimate of drug-likeness (QED) is 0.500. The third-order valence-electron chi connectivity index (χ3n) is 3.45. The number of hydrogen-bond acceptors (Lipinski definition) is 1. The Morgan fingerprint density at radius 1 is 1.58 bits per heavy atom. The zero-order chi connectivity index (χ0) is 8.77. The van der Waals surface area contributed by atoms with E-state index < -0.39 is 0 Å². The second-order valence-corrected chi connectivity index (χ2v) is 4.15. The highest BCUT2D eigenvalue weighted by Gasteiger charge is 2.41. The molecule has 64 valence electrons. The summed E-state index contributed by atoms with van der Waals surface area (Å²) in [4.78, 5) is 11.2. The molecule has 2 aliphatic carbocycles. The molecule has 1 nitrogen and oxygen atoms in total. The number of hydrogen-bond donors (Lipinski definition) is 0. The van der Waals surface area contributed by atoms with Crippen molar-refractivity contribution in [2.75, 3.05) is 0 Å². The van der Waals surface area contributed by atoms with Gasteiger partial charge in [0.1, 0.15) is 0 Å². The van der Waals surface area contributed by atoms with Gasteiger partial charge in [-0.15, -0.1) is 0 Å². The fourth-order valence-electron chi connectivity index (χ4n) is 2.30. The summed E-state index contributed by atoms with van der Waals surface area (Å²) in [5.41, 5.74) is 1.54. The Balaban J connectivity index is 2.39. The zero-order valence-corrected chi connectivity index (χ0v) is 7.63. The molecule has 2 atom stereocenters. The van der Waals surface area contributed by atoms with Crippen LogP contribution in [-0.4, -0.2) is 5.78 Å². The fourth-order valence-corrected chi connectivity index (χ4v) is 2.30. The summed E-state index contributed by atoms with van der Waals surface area (Å²) < 4.78 is 0. The smallest absolute Gasteiger partial charge is 0.156 e. The SMILES string of the molecule is CC1=CC[C@H]2C=CC(=O)C[C@]12C. The van der Waals surface area contributed by atoms with E-state index in [0.717, 1.165) is 6.42 Å². The Kier molecular flexibility index (Phi) is 1.50. The van der Waals surface area contributed by atoms with Gasteiger partial charge in [0.2, 0.25) is 0 Å². The predicted octanol–water partition coefficient (Wildman–Crippen LogP) is 2.49. The van der Waals surface area contributed by atoms with Crippen LogP contribution in [0.5, 0.6) is 0 Å². The molecule has 1 heteroatoms. The molecular formula is C11H14O. The predicted molar refractivity (Wildman–Crippen MR) is 48.7 cm³/mol. The van der Waals surface area contributed by atoms with E-state index in [9.17, 15) is 4.79 Å². The molecule has 0 bridgehead atoms. The van der Waals surface area contributed by atoms with Crippen molar-refractivity contribution >= 4 is 5.78 Å². The molecule has 0 aliphatic heterocycles. The van der Waals surface area contributed by atoms with Crippen LogP contribution in [0.4, 0.5) is 0 Å². The number of carbonyl (C=O) groups excluding carboxylic acids is 1. The molecule has 0 aromatic carbocycles. The Hall–Kier alpha value is -0.850. The first-order chi connectivity index (χ1) is 5.63. The highest BCUT2D eigenvalue weighted by Crippen LogP contribution is 2.48. The molecule has 0 aromatic rings. The van der Waals surface area contributed by atoms with Gasteiger partial charge in [-0.3, -0.25) is 4.79 Å². The minimum absolute atomic E-state index is 0.145. The molecule has 0 saturated carbocycles. The monoisotopic (exact) mass is 162 g/mol. The fraction of sp³-hybridized carbons (Fsp3) is 0.545. The number of carbonyl (C=O) groups is 1. The maximum atomic E-state index is 11.2. The van der Waals surface area contributed by atoms with Crippen LogP contribution in [0.3, 0.4) is 0 Å². The summed E-state index contributed by atoms with van der Waals surface area (Å²) in [5.74, 6) is 0.860. The van der Waals surface area contributed by atoms with E-state index in [1.165, 1.54) is 5.57 Å². The summed E-state index contributed by atoms with van der Waals surface area (Å²) >= 11 is 0. The molecule has 0 fully saturated rings. The minimum Gasteiger partial charge on any atom is -0.295 e. The molecule has 0 radical (unpaired) electrons. The topological polar surface area (TPSA) is 17.1 Å². The van der Waals surface area contributed by atoms with Crippen molar-refractivity contribution in [3.05, 3.63) is 23.8 Å². The lowest BCUT2D eigenvalue weighted by Gasteiger charge is -2.33. The number of ketones is 1. The average Bonchev–Trinajstić information content (AvgIpc) is 2.28. The maximum Gasteiger partial charge on any atom is 0.156 e. The molecule has 2 rings (SSSR count). The van der Waals surface area contributed by atoms with E-state index in [-0.39, 0.29) is 11.2 Å². The van der Waals surface area contributed by atoms with Gasteiger partial charge in [-0.25, -0.2) is 0 Å². The van der Waals surface area contributed by atoms with Crippen LogP contribution in [-0.2, 0) is 4.79 Å². The van der Waals surface area contributed by atoms with Gasteiger partial charge in [-0.1, -0.05) is 24.6 Å². The number of fused-ring (bicyclic) bond motifs is 1. The Morgan fingerprint density at radius 3 is 3.08 bits per heavy atom.